The van der Waals surface area contributed by atoms with Crippen molar-refractivity contribution in [2.24, 2.45) is 5.14 Å². The van der Waals surface area contributed by atoms with Crippen molar-refractivity contribution in [3.63, 3.8) is 0 Å². The molecule has 2 aromatic carbocycles. The van der Waals surface area contributed by atoms with E-state index in [4.69, 9.17) is 10.1 Å². The molecule has 1 aromatic heterocycles. The third kappa shape index (κ3) is 5.95. The van der Waals surface area contributed by atoms with Crippen molar-refractivity contribution >= 4 is 21.8 Å². The van der Waals surface area contributed by atoms with Gasteiger partial charge in [-0.25, -0.2) is 18.5 Å². The standard InChI is InChI=1S/C22H27N3O2S2/c1-3-4-8-21-24-22(28-2)16-25(21)15-18-11-9-17(10-12-18)13-19-6-5-7-20(14-19)29(23,26)27/h5-7,9-12,14,16H,3-4,8,13,15H2,1-2H3,(H2,23,26,27). The van der Waals surface area contributed by atoms with Crippen molar-refractivity contribution in [1.29, 1.82) is 0 Å². The second-order valence-corrected chi connectivity index (χ2v) is 9.50. The molecule has 0 aliphatic rings. The maximum Gasteiger partial charge on any atom is 0.238 e. The van der Waals surface area contributed by atoms with Crippen LogP contribution in [0.25, 0.3) is 0 Å². The molecule has 0 bridgehead atoms. The van der Waals surface area contributed by atoms with Gasteiger partial charge in [-0.2, -0.15) is 0 Å². The Morgan fingerprint density at radius 2 is 1.79 bits per heavy atom. The van der Waals surface area contributed by atoms with Crippen LogP contribution < -0.4 is 5.14 Å². The van der Waals surface area contributed by atoms with Crippen molar-refractivity contribution in [1.82, 2.24) is 9.55 Å². The van der Waals surface area contributed by atoms with E-state index in [1.807, 2.05) is 6.07 Å². The molecule has 5 nitrogen and oxygen atoms in total. The van der Waals surface area contributed by atoms with Gasteiger partial charge in [-0.3, -0.25) is 0 Å². The number of nitrogens with zero attached hydrogens (tertiary/aromatic N) is 2. The number of sulfonamides is 1. The largest absolute Gasteiger partial charge is 0.329 e. The fourth-order valence-electron chi connectivity index (χ4n) is 3.23. The Hall–Kier alpha value is -2.09. The Balaban J connectivity index is 1.72. The summed E-state index contributed by atoms with van der Waals surface area (Å²) in [6.45, 7) is 2.99. The van der Waals surface area contributed by atoms with E-state index in [1.165, 1.54) is 11.6 Å². The van der Waals surface area contributed by atoms with E-state index in [2.05, 4.69) is 48.2 Å². The quantitative estimate of drug-likeness (QED) is 0.516. The molecule has 0 aliphatic heterocycles. The molecule has 0 saturated carbocycles. The summed E-state index contributed by atoms with van der Waals surface area (Å²) in [5.41, 5.74) is 3.27. The molecule has 0 radical (unpaired) electrons. The zero-order valence-corrected chi connectivity index (χ0v) is 18.5. The lowest BCUT2D eigenvalue weighted by Gasteiger charge is -2.09. The first kappa shape index (κ1) is 21.6. The Morgan fingerprint density at radius 1 is 1.07 bits per heavy atom. The highest BCUT2D eigenvalue weighted by Crippen LogP contribution is 2.19. The summed E-state index contributed by atoms with van der Waals surface area (Å²) in [7, 11) is -3.68. The normalized spacial score (nSPS) is 11.7. The van der Waals surface area contributed by atoms with E-state index in [-0.39, 0.29) is 4.90 Å². The van der Waals surface area contributed by atoms with E-state index in [1.54, 1.807) is 23.9 Å². The van der Waals surface area contributed by atoms with Gasteiger partial charge < -0.3 is 4.57 Å². The van der Waals surface area contributed by atoms with Crippen LogP contribution >= 0.6 is 11.8 Å². The lowest BCUT2D eigenvalue weighted by Crippen LogP contribution is -2.12. The lowest BCUT2D eigenvalue weighted by atomic mass is 10.0. The molecule has 29 heavy (non-hydrogen) atoms. The maximum absolute atomic E-state index is 11.5. The zero-order chi connectivity index (χ0) is 20.9. The van der Waals surface area contributed by atoms with Crippen molar-refractivity contribution in [2.45, 2.75) is 49.1 Å². The zero-order valence-electron chi connectivity index (χ0n) is 16.8. The van der Waals surface area contributed by atoms with Crippen LogP contribution in [0.1, 0.15) is 42.3 Å². The van der Waals surface area contributed by atoms with Gasteiger partial charge in [-0.05, 0) is 47.9 Å². The summed E-state index contributed by atoms with van der Waals surface area (Å²) in [6.07, 6.45) is 8.13. The van der Waals surface area contributed by atoms with Crippen LogP contribution in [-0.4, -0.2) is 24.2 Å². The molecule has 0 atom stereocenters. The molecular formula is C22H27N3O2S2. The fraction of sp³-hybridized carbons (Fsp3) is 0.318. The number of hydrogen-bond donors (Lipinski definition) is 1. The SMILES string of the molecule is CCCCc1nc(SC)cn1Cc1ccc(Cc2cccc(S(N)(=O)=O)c2)cc1. The van der Waals surface area contributed by atoms with Gasteiger partial charge in [0, 0.05) is 19.2 Å². The molecule has 0 saturated heterocycles. The minimum Gasteiger partial charge on any atom is -0.329 e. The molecule has 0 spiro atoms. The third-order valence-corrected chi connectivity index (χ3v) is 6.34. The van der Waals surface area contributed by atoms with Gasteiger partial charge in [0.25, 0.3) is 0 Å². The van der Waals surface area contributed by atoms with Gasteiger partial charge >= 0.3 is 0 Å². The van der Waals surface area contributed by atoms with Crippen LogP contribution in [0, 0.1) is 0 Å². The number of imidazole rings is 1. The van der Waals surface area contributed by atoms with E-state index in [0.717, 1.165) is 47.8 Å². The second kappa shape index (κ2) is 9.61. The molecule has 0 unspecified atom stereocenters. The molecule has 0 aliphatic carbocycles. The van der Waals surface area contributed by atoms with Crippen LogP contribution in [0.3, 0.4) is 0 Å². The molecular weight excluding hydrogens is 402 g/mol. The van der Waals surface area contributed by atoms with Crippen LogP contribution in [-0.2, 0) is 29.4 Å². The second-order valence-electron chi connectivity index (χ2n) is 7.12. The summed E-state index contributed by atoms with van der Waals surface area (Å²) in [4.78, 5) is 4.88. The number of thioether (sulfide) groups is 1. The smallest absolute Gasteiger partial charge is 0.238 e. The number of benzene rings is 2. The van der Waals surface area contributed by atoms with E-state index >= 15 is 0 Å². The number of unbranched alkanes of at least 4 members (excludes halogenated alkanes) is 1. The molecule has 0 fully saturated rings. The van der Waals surface area contributed by atoms with E-state index in [0.29, 0.717) is 6.42 Å². The van der Waals surface area contributed by atoms with E-state index < -0.39 is 10.0 Å². The predicted octanol–water partition coefficient (Wildman–Crippen LogP) is 4.23. The molecule has 1 heterocycles. The molecule has 7 heteroatoms. The number of primary sulfonamides is 1. The molecule has 154 valence electrons. The highest BCUT2D eigenvalue weighted by atomic mass is 32.2. The number of aryl methyl sites for hydroxylation is 1. The van der Waals surface area contributed by atoms with Crippen LogP contribution in [0.4, 0.5) is 0 Å². The fourth-order valence-corrected chi connectivity index (χ4v) is 4.24. The topological polar surface area (TPSA) is 78.0 Å². The van der Waals surface area contributed by atoms with Crippen LogP contribution in [0.15, 0.2) is 64.6 Å². The number of rotatable bonds is 9. The van der Waals surface area contributed by atoms with Gasteiger partial charge in [-0.15, -0.1) is 11.8 Å². The maximum atomic E-state index is 11.5. The Morgan fingerprint density at radius 3 is 2.45 bits per heavy atom. The lowest BCUT2D eigenvalue weighted by molar-refractivity contribution is 0.597. The van der Waals surface area contributed by atoms with Crippen LogP contribution in [0.5, 0.6) is 0 Å². The first-order chi connectivity index (χ1) is 13.9. The average Bonchev–Trinajstić information content (AvgIpc) is 3.09. The Kier molecular flexibility index (Phi) is 7.16. The van der Waals surface area contributed by atoms with Gasteiger partial charge in [0.2, 0.25) is 10.0 Å². The summed E-state index contributed by atoms with van der Waals surface area (Å²) in [6, 6.07) is 15.2. The van der Waals surface area contributed by atoms with E-state index in [9.17, 15) is 8.42 Å². The van der Waals surface area contributed by atoms with Gasteiger partial charge in [-0.1, -0.05) is 49.7 Å². The highest BCUT2D eigenvalue weighted by Gasteiger charge is 2.10. The van der Waals surface area contributed by atoms with Gasteiger partial charge in [0.05, 0.1) is 4.90 Å². The molecule has 3 aromatic rings. The summed E-state index contributed by atoms with van der Waals surface area (Å²) < 4.78 is 25.3. The number of hydrogen-bond acceptors (Lipinski definition) is 4. The summed E-state index contributed by atoms with van der Waals surface area (Å²) in [5, 5.41) is 6.29. The first-order valence-electron chi connectivity index (χ1n) is 9.68. The summed E-state index contributed by atoms with van der Waals surface area (Å²) >= 11 is 1.67. The average molecular weight is 430 g/mol. The van der Waals surface area contributed by atoms with Gasteiger partial charge in [0.1, 0.15) is 10.9 Å². The van der Waals surface area contributed by atoms with Crippen molar-refractivity contribution < 1.29 is 8.42 Å². The highest BCUT2D eigenvalue weighted by molar-refractivity contribution is 7.98. The monoisotopic (exact) mass is 429 g/mol. The number of nitrogens with two attached hydrogens (primary N) is 1. The first-order valence-corrected chi connectivity index (χ1v) is 12.5. The van der Waals surface area contributed by atoms with Crippen molar-refractivity contribution in [3.05, 3.63) is 77.2 Å². The molecule has 0 amide bonds. The molecule has 3 rings (SSSR count). The minimum atomic E-state index is -3.68. The predicted molar refractivity (Wildman–Crippen MR) is 119 cm³/mol. The Bertz CT molecular complexity index is 1060. The summed E-state index contributed by atoms with van der Waals surface area (Å²) in [5.74, 6) is 1.14. The Labute approximate surface area is 177 Å². The van der Waals surface area contributed by atoms with Gasteiger partial charge in [0.15, 0.2) is 0 Å². The van der Waals surface area contributed by atoms with Crippen LogP contribution in [0.2, 0.25) is 0 Å². The minimum absolute atomic E-state index is 0.149. The van der Waals surface area contributed by atoms with Crippen molar-refractivity contribution in [2.75, 3.05) is 6.26 Å². The molecule has 2 N–H and O–H groups in total. The third-order valence-electron chi connectivity index (χ3n) is 4.81. The number of aromatic nitrogens is 2. The van der Waals surface area contributed by atoms with Crippen molar-refractivity contribution in [3.8, 4) is 0 Å².